The zero-order valence-corrected chi connectivity index (χ0v) is 13.1. The molecule has 0 radical (unpaired) electrons. The first-order chi connectivity index (χ1) is 9.17. The van der Waals surface area contributed by atoms with Gasteiger partial charge < -0.3 is 14.9 Å². The summed E-state index contributed by atoms with van der Waals surface area (Å²) in [6.07, 6.45) is -0.987. The molecule has 112 valence electrons. The Bertz CT molecular complexity index is 461. The summed E-state index contributed by atoms with van der Waals surface area (Å²) in [6, 6.07) is 9.88. The van der Waals surface area contributed by atoms with Gasteiger partial charge in [0.25, 0.3) is 0 Å². The molecule has 20 heavy (non-hydrogen) atoms. The van der Waals surface area contributed by atoms with E-state index in [0.717, 1.165) is 5.56 Å². The normalized spacial score (nSPS) is 30.9. The maximum atomic E-state index is 10.8. The Labute approximate surface area is 121 Å². The highest BCUT2D eigenvalue weighted by Crippen LogP contribution is 2.57. The summed E-state index contributed by atoms with van der Waals surface area (Å²) in [4.78, 5) is 0. The number of aliphatic hydroxyl groups is 2. The topological polar surface area (TPSA) is 49.7 Å². The number of hydrogen-bond acceptors (Lipinski definition) is 3. The minimum Gasteiger partial charge on any atom is -0.396 e. The smallest absolute Gasteiger partial charge is 0.127 e. The molecule has 2 rings (SSSR count). The Hall–Kier alpha value is -0.900. The predicted octanol–water partition coefficient (Wildman–Crippen LogP) is 2.71. The van der Waals surface area contributed by atoms with Gasteiger partial charge in [-0.1, -0.05) is 65.0 Å². The second-order valence-corrected chi connectivity index (χ2v) is 7.48. The Morgan fingerprint density at radius 2 is 1.65 bits per heavy atom. The van der Waals surface area contributed by atoms with E-state index in [9.17, 15) is 10.2 Å². The van der Waals surface area contributed by atoms with Crippen molar-refractivity contribution in [3.8, 4) is 0 Å². The van der Waals surface area contributed by atoms with E-state index < -0.39 is 17.1 Å². The zero-order chi connectivity index (χ0) is 15.2. The van der Waals surface area contributed by atoms with E-state index in [0.29, 0.717) is 0 Å². The van der Waals surface area contributed by atoms with Gasteiger partial charge in [-0.3, -0.25) is 0 Å². The van der Waals surface area contributed by atoms with Crippen LogP contribution in [0.5, 0.6) is 0 Å². The van der Waals surface area contributed by atoms with Crippen LogP contribution in [0, 0.1) is 10.8 Å². The lowest BCUT2D eigenvalue weighted by molar-refractivity contribution is -0.362. The summed E-state index contributed by atoms with van der Waals surface area (Å²) in [5.74, 6) is 0. The Balaban J connectivity index is 2.41. The van der Waals surface area contributed by atoms with Crippen molar-refractivity contribution in [1.29, 1.82) is 0 Å². The van der Waals surface area contributed by atoms with Gasteiger partial charge in [0.1, 0.15) is 11.7 Å². The Kier molecular flexibility index (Phi) is 3.74. The molecule has 0 aliphatic carbocycles. The van der Waals surface area contributed by atoms with Crippen LogP contribution in [0.1, 0.15) is 40.2 Å². The lowest BCUT2D eigenvalue weighted by Gasteiger charge is -2.62. The molecule has 1 aliphatic heterocycles. The van der Waals surface area contributed by atoms with Crippen LogP contribution in [-0.2, 0) is 10.3 Å². The largest absolute Gasteiger partial charge is 0.396 e. The number of hydrogen-bond donors (Lipinski definition) is 2. The lowest BCUT2D eigenvalue weighted by atomic mass is 9.60. The standard InChI is InChI=1S/C17H26O3/c1-15(2,3)17(12-9-7-6-8-10-12)13(19)14(20-17)16(4,5)11-18/h6-10,13-14,18-19H,11H2,1-5H3/t13-,14-,17-/m0/s1. The quantitative estimate of drug-likeness (QED) is 0.894. The van der Waals surface area contributed by atoms with E-state index in [4.69, 9.17) is 4.74 Å². The van der Waals surface area contributed by atoms with E-state index in [1.165, 1.54) is 0 Å². The number of rotatable bonds is 3. The molecule has 0 aromatic heterocycles. The van der Waals surface area contributed by atoms with E-state index in [-0.39, 0.29) is 18.1 Å². The van der Waals surface area contributed by atoms with Crippen molar-refractivity contribution in [2.45, 2.75) is 52.4 Å². The van der Waals surface area contributed by atoms with Gasteiger partial charge in [-0.05, 0) is 11.0 Å². The summed E-state index contributed by atoms with van der Waals surface area (Å²) < 4.78 is 6.24. The Morgan fingerprint density at radius 3 is 2.05 bits per heavy atom. The van der Waals surface area contributed by atoms with Crippen LogP contribution in [0.3, 0.4) is 0 Å². The third kappa shape index (κ3) is 2.09. The predicted molar refractivity (Wildman–Crippen MR) is 79.3 cm³/mol. The number of aliphatic hydroxyl groups excluding tert-OH is 2. The maximum Gasteiger partial charge on any atom is 0.127 e. The molecule has 3 heteroatoms. The molecule has 0 spiro atoms. The second-order valence-electron chi connectivity index (χ2n) is 7.48. The van der Waals surface area contributed by atoms with Gasteiger partial charge in [0, 0.05) is 5.41 Å². The van der Waals surface area contributed by atoms with Gasteiger partial charge in [-0.25, -0.2) is 0 Å². The minimum atomic E-state index is -0.717. The molecule has 1 aliphatic rings. The van der Waals surface area contributed by atoms with E-state index in [2.05, 4.69) is 20.8 Å². The fourth-order valence-corrected chi connectivity index (χ4v) is 3.13. The van der Waals surface area contributed by atoms with Crippen molar-refractivity contribution >= 4 is 0 Å². The highest BCUT2D eigenvalue weighted by atomic mass is 16.6. The minimum absolute atomic E-state index is 0.0102. The molecule has 3 nitrogen and oxygen atoms in total. The van der Waals surface area contributed by atoms with Crippen LogP contribution in [0.2, 0.25) is 0 Å². The molecule has 1 heterocycles. The molecule has 1 aromatic carbocycles. The third-order valence-electron chi connectivity index (χ3n) is 4.51. The van der Waals surface area contributed by atoms with Crippen molar-refractivity contribution in [1.82, 2.24) is 0 Å². The van der Waals surface area contributed by atoms with Gasteiger partial charge in [-0.15, -0.1) is 0 Å². The summed E-state index contributed by atoms with van der Waals surface area (Å²) >= 11 is 0. The van der Waals surface area contributed by atoms with Crippen LogP contribution in [0.4, 0.5) is 0 Å². The van der Waals surface area contributed by atoms with Gasteiger partial charge in [-0.2, -0.15) is 0 Å². The molecule has 1 aromatic rings. The molecular weight excluding hydrogens is 252 g/mol. The fourth-order valence-electron chi connectivity index (χ4n) is 3.13. The van der Waals surface area contributed by atoms with Gasteiger partial charge in [0.2, 0.25) is 0 Å². The van der Waals surface area contributed by atoms with Crippen LogP contribution in [0.15, 0.2) is 30.3 Å². The molecule has 1 saturated heterocycles. The van der Waals surface area contributed by atoms with Crippen molar-refractivity contribution in [2.75, 3.05) is 6.61 Å². The lowest BCUT2D eigenvalue weighted by Crippen LogP contribution is -2.71. The second kappa shape index (κ2) is 4.83. The summed E-state index contributed by atoms with van der Waals surface area (Å²) in [7, 11) is 0. The molecular formula is C17H26O3. The summed E-state index contributed by atoms with van der Waals surface area (Å²) in [6.45, 7) is 10.0. The molecule has 1 fully saturated rings. The highest BCUT2D eigenvalue weighted by Gasteiger charge is 2.65. The molecule has 0 unspecified atom stereocenters. The third-order valence-corrected chi connectivity index (χ3v) is 4.51. The fraction of sp³-hybridized carbons (Fsp3) is 0.647. The monoisotopic (exact) mass is 278 g/mol. The van der Waals surface area contributed by atoms with Crippen LogP contribution < -0.4 is 0 Å². The van der Waals surface area contributed by atoms with E-state index in [1.54, 1.807) is 0 Å². The summed E-state index contributed by atoms with van der Waals surface area (Å²) in [5.41, 5.74) is -0.422. The van der Waals surface area contributed by atoms with Crippen molar-refractivity contribution in [2.24, 2.45) is 10.8 Å². The van der Waals surface area contributed by atoms with Crippen molar-refractivity contribution in [3.05, 3.63) is 35.9 Å². The van der Waals surface area contributed by atoms with Gasteiger partial charge in [0.15, 0.2) is 0 Å². The molecule has 2 N–H and O–H groups in total. The number of ether oxygens (including phenoxy) is 1. The van der Waals surface area contributed by atoms with Crippen LogP contribution in [-0.4, -0.2) is 29.0 Å². The molecule has 3 atom stereocenters. The van der Waals surface area contributed by atoms with Crippen LogP contribution >= 0.6 is 0 Å². The highest BCUT2D eigenvalue weighted by molar-refractivity contribution is 5.31. The first-order valence-electron chi connectivity index (χ1n) is 7.19. The number of benzene rings is 1. The first-order valence-corrected chi connectivity index (χ1v) is 7.19. The average molecular weight is 278 g/mol. The van der Waals surface area contributed by atoms with Gasteiger partial charge in [0.05, 0.1) is 12.7 Å². The zero-order valence-electron chi connectivity index (χ0n) is 13.1. The van der Waals surface area contributed by atoms with Crippen LogP contribution in [0.25, 0.3) is 0 Å². The summed E-state index contributed by atoms with van der Waals surface area (Å²) in [5, 5.41) is 20.3. The molecule has 0 saturated carbocycles. The first kappa shape index (κ1) is 15.5. The average Bonchev–Trinajstić information content (AvgIpc) is 2.37. The Morgan fingerprint density at radius 1 is 1.10 bits per heavy atom. The maximum absolute atomic E-state index is 10.8. The van der Waals surface area contributed by atoms with E-state index in [1.807, 2.05) is 44.2 Å². The SMILES string of the molecule is CC(C)(CO)[C@H]1O[C@](c2ccccc2)(C(C)(C)C)[C@H]1O. The van der Waals surface area contributed by atoms with Crippen molar-refractivity contribution in [3.63, 3.8) is 0 Å². The van der Waals surface area contributed by atoms with Gasteiger partial charge >= 0.3 is 0 Å². The molecule has 0 amide bonds. The van der Waals surface area contributed by atoms with E-state index >= 15 is 0 Å². The van der Waals surface area contributed by atoms with Crippen molar-refractivity contribution < 1.29 is 14.9 Å². The molecule has 0 bridgehead atoms.